The average molecular weight is 431 g/mol. The number of hydrogen-bond acceptors (Lipinski definition) is 4. The van der Waals surface area contributed by atoms with E-state index in [4.69, 9.17) is 4.74 Å². The minimum Gasteiger partial charge on any atom is -0.384 e. The largest absolute Gasteiger partial charge is 0.384 e. The van der Waals surface area contributed by atoms with Gasteiger partial charge in [-0.15, -0.1) is 0 Å². The molecule has 1 aromatic heterocycles. The van der Waals surface area contributed by atoms with Gasteiger partial charge in [-0.3, -0.25) is 14.4 Å². The Morgan fingerprint density at radius 1 is 1.29 bits per heavy atom. The van der Waals surface area contributed by atoms with Gasteiger partial charge in [0, 0.05) is 51.6 Å². The van der Waals surface area contributed by atoms with Crippen LogP contribution < -0.4 is 0 Å². The van der Waals surface area contributed by atoms with E-state index in [-0.39, 0.29) is 17.8 Å². The third-order valence-corrected chi connectivity index (χ3v) is 6.44. The van der Waals surface area contributed by atoms with Gasteiger partial charge in [0.1, 0.15) is 5.82 Å². The van der Waals surface area contributed by atoms with Crippen LogP contribution in [0.3, 0.4) is 0 Å². The number of hydrogen-bond donors (Lipinski definition) is 0. The topological polar surface area (TPSA) is 50.6 Å². The molecule has 6 nitrogen and oxygen atoms in total. The van der Waals surface area contributed by atoms with Crippen molar-refractivity contribution in [3.05, 3.63) is 53.1 Å². The van der Waals surface area contributed by atoms with E-state index in [0.717, 1.165) is 43.7 Å². The zero-order valence-electron chi connectivity index (χ0n) is 19.2. The predicted octanol–water partition coefficient (Wildman–Crippen LogP) is 3.19. The minimum absolute atomic E-state index is 0.148. The lowest BCUT2D eigenvalue weighted by atomic mass is 9.84. The van der Waals surface area contributed by atoms with Gasteiger partial charge in [-0.1, -0.05) is 18.2 Å². The number of aromatic nitrogens is 2. The average Bonchev–Trinajstić information content (AvgIpc) is 3.08. The molecule has 1 amide bonds. The lowest BCUT2D eigenvalue weighted by Crippen LogP contribution is -2.46. The van der Waals surface area contributed by atoms with Crippen LogP contribution in [0.2, 0.25) is 0 Å². The molecule has 1 aliphatic heterocycles. The van der Waals surface area contributed by atoms with Crippen LogP contribution in [-0.4, -0.2) is 65.4 Å². The molecular formula is C24H35FN4O2. The Morgan fingerprint density at radius 2 is 2.00 bits per heavy atom. The Hall–Kier alpha value is -2.25. The molecule has 3 rings (SSSR count). The number of amides is 1. The van der Waals surface area contributed by atoms with Crippen LogP contribution in [0.4, 0.5) is 4.39 Å². The third kappa shape index (κ3) is 6.14. The van der Waals surface area contributed by atoms with Crippen molar-refractivity contribution < 1.29 is 13.9 Å². The Kier molecular flexibility index (Phi) is 8.21. The Labute approximate surface area is 185 Å². The number of carbonyl (C=O) groups excluding carboxylic acids is 1. The Morgan fingerprint density at radius 3 is 2.61 bits per heavy atom. The van der Waals surface area contributed by atoms with E-state index < -0.39 is 0 Å². The van der Waals surface area contributed by atoms with Gasteiger partial charge in [0.25, 0.3) is 0 Å². The number of carbonyl (C=O) groups is 1. The van der Waals surface area contributed by atoms with Gasteiger partial charge in [0.2, 0.25) is 5.91 Å². The summed E-state index contributed by atoms with van der Waals surface area (Å²) in [6.45, 7) is 4.76. The van der Waals surface area contributed by atoms with Crippen molar-refractivity contribution in [3.63, 3.8) is 0 Å². The molecule has 1 fully saturated rings. The second-order valence-corrected chi connectivity index (χ2v) is 8.65. The molecule has 31 heavy (non-hydrogen) atoms. The van der Waals surface area contributed by atoms with Crippen LogP contribution in [0.15, 0.2) is 30.5 Å². The highest BCUT2D eigenvalue weighted by Crippen LogP contribution is 2.28. The molecule has 0 aliphatic carbocycles. The molecule has 1 saturated heterocycles. The molecule has 1 atom stereocenters. The van der Waals surface area contributed by atoms with Crippen LogP contribution in [0.1, 0.15) is 36.1 Å². The van der Waals surface area contributed by atoms with Gasteiger partial charge >= 0.3 is 0 Å². The molecule has 0 spiro atoms. The van der Waals surface area contributed by atoms with Crippen molar-refractivity contribution in [1.29, 1.82) is 0 Å². The standard InChI is InChI=1S/C24H35FN4O2/c1-18-21(17-28(3)26-18)16-27(2)23(15-20-7-5-6-8-22(20)25)19-9-12-29(13-10-19)24(30)11-14-31-4/h5-8,17,19,23H,9-16H2,1-4H3. The number of halogens is 1. The van der Waals surface area contributed by atoms with Crippen LogP contribution in [0, 0.1) is 18.7 Å². The van der Waals surface area contributed by atoms with Crippen LogP contribution in [-0.2, 0) is 29.5 Å². The molecule has 0 saturated carbocycles. The second-order valence-electron chi connectivity index (χ2n) is 8.65. The summed E-state index contributed by atoms with van der Waals surface area (Å²) in [6, 6.07) is 7.25. The second kappa shape index (κ2) is 10.9. The first-order valence-corrected chi connectivity index (χ1v) is 11.1. The SMILES string of the molecule is COCCC(=O)N1CCC(C(Cc2ccccc2F)N(C)Cc2cn(C)nc2C)CC1. The van der Waals surface area contributed by atoms with Crippen molar-refractivity contribution >= 4 is 5.91 Å². The maximum atomic E-state index is 14.5. The summed E-state index contributed by atoms with van der Waals surface area (Å²) in [7, 11) is 5.67. The number of rotatable bonds is 9. The molecule has 1 aromatic carbocycles. The fraction of sp³-hybridized carbons (Fsp3) is 0.583. The van der Waals surface area contributed by atoms with Crippen molar-refractivity contribution in [1.82, 2.24) is 19.6 Å². The van der Waals surface area contributed by atoms with E-state index in [0.29, 0.717) is 25.4 Å². The normalized spacial score (nSPS) is 16.1. The van der Waals surface area contributed by atoms with Gasteiger partial charge in [0.15, 0.2) is 0 Å². The summed E-state index contributed by atoms with van der Waals surface area (Å²) in [6.07, 6.45) is 5.00. The smallest absolute Gasteiger partial charge is 0.224 e. The van der Waals surface area contributed by atoms with Crippen LogP contribution in [0.25, 0.3) is 0 Å². The zero-order chi connectivity index (χ0) is 22.4. The van der Waals surface area contributed by atoms with Gasteiger partial charge < -0.3 is 9.64 Å². The molecule has 7 heteroatoms. The predicted molar refractivity (Wildman–Crippen MR) is 119 cm³/mol. The lowest BCUT2D eigenvalue weighted by molar-refractivity contribution is -0.133. The lowest BCUT2D eigenvalue weighted by Gasteiger charge is -2.40. The number of benzene rings is 1. The first kappa shape index (κ1) is 23.4. The number of likely N-dealkylation sites (tertiary alicyclic amines) is 1. The van der Waals surface area contributed by atoms with Gasteiger partial charge in [-0.2, -0.15) is 5.10 Å². The summed E-state index contributed by atoms with van der Waals surface area (Å²) in [5, 5.41) is 4.46. The zero-order valence-corrected chi connectivity index (χ0v) is 19.2. The van der Waals surface area contributed by atoms with Crippen molar-refractivity contribution in [3.8, 4) is 0 Å². The van der Waals surface area contributed by atoms with E-state index in [1.807, 2.05) is 35.7 Å². The monoisotopic (exact) mass is 430 g/mol. The fourth-order valence-corrected chi connectivity index (χ4v) is 4.64. The van der Waals surface area contributed by atoms with Crippen molar-refractivity contribution in [2.45, 2.75) is 45.2 Å². The molecule has 170 valence electrons. The summed E-state index contributed by atoms with van der Waals surface area (Å²) >= 11 is 0. The maximum Gasteiger partial charge on any atom is 0.224 e. The minimum atomic E-state index is -0.148. The highest BCUT2D eigenvalue weighted by atomic mass is 19.1. The van der Waals surface area contributed by atoms with Gasteiger partial charge in [-0.25, -0.2) is 4.39 Å². The van der Waals surface area contributed by atoms with Crippen LogP contribution in [0.5, 0.6) is 0 Å². The molecular weight excluding hydrogens is 395 g/mol. The highest BCUT2D eigenvalue weighted by Gasteiger charge is 2.31. The molecule has 0 radical (unpaired) electrons. The Bertz CT molecular complexity index is 861. The number of likely N-dealkylation sites (N-methyl/N-ethyl adjacent to an activating group) is 1. The van der Waals surface area contributed by atoms with Crippen molar-refractivity contribution in [2.75, 3.05) is 33.9 Å². The summed E-state index contributed by atoms with van der Waals surface area (Å²) < 4.78 is 21.3. The van der Waals surface area contributed by atoms with Crippen LogP contribution >= 0.6 is 0 Å². The number of ether oxygens (including phenoxy) is 1. The van der Waals surface area contributed by atoms with E-state index >= 15 is 0 Å². The summed E-state index contributed by atoms with van der Waals surface area (Å²) in [5.41, 5.74) is 2.97. The number of nitrogens with zero attached hydrogens (tertiary/aromatic N) is 4. The summed E-state index contributed by atoms with van der Waals surface area (Å²) in [5.74, 6) is 0.406. The van der Waals surface area contributed by atoms with E-state index in [9.17, 15) is 9.18 Å². The number of methoxy groups -OCH3 is 1. The molecule has 2 heterocycles. The van der Waals surface area contributed by atoms with Crippen molar-refractivity contribution in [2.24, 2.45) is 13.0 Å². The molecule has 0 bridgehead atoms. The van der Waals surface area contributed by atoms with E-state index in [1.165, 1.54) is 11.6 Å². The third-order valence-electron chi connectivity index (χ3n) is 6.44. The fourth-order valence-electron chi connectivity index (χ4n) is 4.64. The molecule has 1 unspecified atom stereocenters. The highest BCUT2D eigenvalue weighted by molar-refractivity contribution is 5.76. The first-order chi connectivity index (χ1) is 14.9. The summed E-state index contributed by atoms with van der Waals surface area (Å²) in [4.78, 5) is 16.6. The van der Waals surface area contributed by atoms with E-state index in [2.05, 4.69) is 23.2 Å². The number of aryl methyl sites for hydroxylation is 2. The molecule has 2 aromatic rings. The maximum absolute atomic E-state index is 14.5. The van der Waals surface area contributed by atoms with Gasteiger partial charge in [-0.05, 0) is 50.8 Å². The van der Waals surface area contributed by atoms with E-state index in [1.54, 1.807) is 13.2 Å². The molecule has 1 aliphatic rings. The number of piperidine rings is 1. The first-order valence-electron chi connectivity index (χ1n) is 11.1. The Balaban J connectivity index is 1.72. The molecule has 0 N–H and O–H groups in total. The quantitative estimate of drug-likeness (QED) is 0.613. The van der Waals surface area contributed by atoms with Gasteiger partial charge in [0.05, 0.1) is 18.7 Å².